The highest BCUT2D eigenvalue weighted by molar-refractivity contribution is 7.89. The first-order chi connectivity index (χ1) is 15.0. The van der Waals surface area contributed by atoms with E-state index in [2.05, 4.69) is 16.3 Å². The lowest BCUT2D eigenvalue weighted by Crippen LogP contribution is -2.37. The quantitative estimate of drug-likeness (QED) is 0.699. The van der Waals surface area contributed by atoms with Crippen LogP contribution in [0.25, 0.3) is 0 Å². The number of anilines is 1. The molecular formula is C23H29N3O3S2. The molecule has 6 nitrogen and oxygen atoms in total. The molecule has 0 radical (unpaired) electrons. The number of rotatable bonds is 4. The van der Waals surface area contributed by atoms with Crippen LogP contribution in [0.1, 0.15) is 52.9 Å². The Balaban J connectivity index is 1.50. The zero-order chi connectivity index (χ0) is 21.4. The Morgan fingerprint density at radius 1 is 0.903 bits per heavy atom. The number of benzene rings is 1. The number of piperidine rings is 1. The predicted octanol–water partition coefficient (Wildman–Crippen LogP) is 3.72. The largest absolute Gasteiger partial charge is 0.371 e. The molecule has 2 aromatic rings. The maximum absolute atomic E-state index is 13.7. The van der Waals surface area contributed by atoms with Gasteiger partial charge in [0.1, 0.15) is 0 Å². The molecule has 0 aliphatic carbocycles. The average molecular weight is 460 g/mol. The van der Waals surface area contributed by atoms with Crippen LogP contribution in [-0.2, 0) is 23.0 Å². The number of fused-ring (bicyclic) bond motifs is 1. The third kappa shape index (κ3) is 4.01. The van der Waals surface area contributed by atoms with Crippen molar-refractivity contribution in [3.8, 4) is 0 Å². The molecule has 166 valence electrons. The van der Waals surface area contributed by atoms with Crippen molar-refractivity contribution in [2.45, 2.75) is 50.0 Å². The molecule has 3 aliphatic heterocycles. The lowest BCUT2D eigenvalue weighted by atomic mass is 10.1. The van der Waals surface area contributed by atoms with Crippen LogP contribution in [0, 0.1) is 0 Å². The van der Waals surface area contributed by atoms with Crippen molar-refractivity contribution < 1.29 is 13.2 Å². The van der Waals surface area contributed by atoms with Crippen LogP contribution >= 0.6 is 11.3 Å². The van der Waals surface area contributed by atoms with E-state index >= 15 is 0 Å². The van der Waals surface area contributed by atoms with Crippen LogP contribution in [0.2, 0.25) is 0 Å². The molecule has 2 saturated heterocycles. The molecule has 4 heterocycles. The normalized spacial score (nSPS) is 20.1. The Morgan fingerprint density at radius 3 is 2.42 bits per heavy atom. The van der Waals surface area contributed by atoms with Gasteiger partial charge in [0.25, 0.3) is 5.91 Å². The third-order valence-electron chi connectivity index (χ3n) is 6.69. The van der Waals surface area contributed by atoms with Gasteiger partial charge in [0.2, 0.25) is 10.0 Å². The minimum absolute atomic E-state index is 0.0607. The van der Waals surface area contributed by atoms with Crippen molar-refractivity contribution in [3.63, 3.8) is 0 Å². The van der Waals surface area contributed by atoms with E-state index in [0.717, 1.165) is 57.3 Å². The maximum atomic E-state index is 13.7. The molecule has 0 bridgehead atoms. The Hall–Kier alpha value is -1.90. The molecule has 0 atom stereocenters. The fraction of sp³-hybridized carbons (Fsp3) is 0.522. The van der Waals surface area contributed by atoms with E-state index in [1.807, 2.05) is 11.0 Å². The highest BCUT2D eigenvalue weighted by Gasteiger charge is 2.31. The van der Waals surface area contributed by atoms with Crippen LogP contribution in [0.5, 0.6) is 0 Å². The lowest BCUT2D eigenvalue weighted by Gasteiger charge is -2.30. The molecular weight excluding hydrogens is 430 g/mol. The second-order valence-corrected chi connectivity index (χ2v) is 11.6. The first-order valence-corrected chi connectivity index (χ1v) is 13.6. The topological polar surface area (TPSA) is 60.9 Å². The first-order valence-electron chi connectivity index (χ1n) is 11.3. The van der Waals surface area contributed by atoms with Crippen LogP contribution in [0.4, 0.5) is 5.69 Å². The molecule has 1 aromatic carbocycles. The van der Waals surface area contributed by atoms with E-state index in [0.29, 0.717) is 31.7 Å². The molecule has 2 fully saturated rings. The number of hydrogen-bond donors (Lipinski definition) is 0. The van der Waals surface area contributed by atoms with Crippen molar-refractivity contribution in [2.24, 2.45) is 0 Å². The second-order valence-electron chi connectivity index (χ2n) is 8.68. The number of nitrogens with zero attached hydrogens (tertiary/aromatic N) is 3. The number of carbonyl (C=O) groups is 1. The molecule has 5 rings (SSSR count). The van der Waals surface area contributed by atoms with Gasteiger partial charge in [-0.1, -0.05) is 6.42 Å². The van der Waals surface area contributed by atoms with Crippen LogP contribution < -0.4 is 4.90 Å². The Bertz CT molecular complexity index is 1070. The fourth-order valence-electron chi connectivity index (χ4n) is 4.93. The summed E-state index contributed by atoms with van der Waals surface area (Å²) < 4.78 is 28.2. The average Bonchev–Trinajstić information content (AvgIpc) is 3.50. The SMILES string of the molecule is O=C(c1cc(S(=O)(=O)N2CCCCC2)ccc1N1CCCC1)N1CCc2sccc2C1. The highest BCUT2D eigenvalue weighted by Crippen LogP contribution is 2.32. The molecule has 0 saturated carbocycles. The molecule has 8 heteroatoms. The van der Waals surface area contributed by atoms with Gasteiger partial charge >= 0.3 is 0 Å². The van der Waals surface area contributed by atoms with Gasteiger partial charge < -0.3 is 9.80 Å². The summed E-state index contributed by atoms with van der Waals surface area (Å²) in [6, 6.07) is 7.29. The van der Waals surface area contributed by atoms with Gasteiger partial charge in [0.05, 0.1) is 10.5 Å². The van der Waals surface area contributed by atoms with E-state index in [1.54, 1.807) is 27.8 Å². The molecule has 1 aromatic heterocycles. The van der Waals surface area contributed by atoms with Crippen LogP contribution in [0.15, 0.2) is 34.5 Å². The summed E-state index contributed by atoms with van der Waals surface area (Å²) in [5, 5.41) is 2.08. The third-order valence-corrected chi connectivity index (χ3v) is 9.61. The number of thiophene rings is 1. The van der Waals surface area contributed by atoms with Gasteiger partial charge in [0, 0.05) is 49.8 Å². The summed E-state index contributed by atoms with van der Waals surface area (Å²) in [6.07, 6.45) is 5.93. The van der Waals surface area contributed by atoms with Crippen molar-refractivity contribution in [1.29, 1.82) is 0 Å². The van der Waals surface area contributed by atoms with Gasteiger partial charge in [-0.2, -0.15) is 4.31 Å². The summed E-state index contributed by atoms with van der Waals surface area (Å²) in [5.74, 6) is -0.0607. The Kier molecular flexibility index (Phi) is 5.79. The maximum Gasteiger partial charge on any atom is 0.256 e. The van der Waals surface area contributed by atoms with Gasteiger partial charge in [-0.25, -0.2) is 8.42 Å². The molecule has 0 spiro atoms. The Morgan fingerprint density at radius 2 is 1.65 bits per heavy atom. The standard InChI is InChI=1S/C23H29N3O3S2/c27-23(25-14-8-22-18(17-25)9-15-30-22)20-16-19(6-7-21(20)24-10-4-5-11-24)31(28,29)26-12-2-1-3-13-26/h6-7,9,15-16H,1-5,8,10-14,17H2. The highest BCUT2D eigenvalue weighted by atomic mass is 32.2. The molecule has 1 amide bonds. The van der Waals surface area contributed by atoms with Gasteiger partial charge in [-0.15, -0.1) is 11.3 Å². The van der Waals surface area contributed by atoms with Crippen molar-refractivity contribution >= 4 is 33.0 Å². The zero-order valence-electron chi connectivity index (χ0n) is 17.8. The van der Waals surface area contributed by atoms with E-state index in [1.165, 1.54) is 10.4 Å². The number of carbonyl (C=O) groups excluding carboxylic acids is 1. The van der Waals surface area contributed by atoms with E-state index in [-0.39, 0.29) is 10.8 Å². The number of amides is 1. The zero-order valence-corrected chi connectivity index (χ0v) is 19.4. The molecule has 0 N–H and O–H groups in total. The summed E-state index contributed by atoms with van der Waals surface area (Å²) in [7, 11) is -3.58. The number of hydrogen-bond acceptors (Lipinski definition) is 5. The van der Waals surface area contributed by atoms with E-state index in [9.17, 15) is 13.2 Å². The van der Waals surface area contributed by atoms with Crippen molar-refractivity contribution in [2.75, 3.05) is 37.6 Å². The first kappa shape index (κ1) is 21.0. The minimum atomic E-state index is -3.58. The van der Waals surface area contributed by atoms with Gasteiger partial charge in [0.15, 0.2) is 0 Å². The summed E-state index contributed by atoms with van der Waals surface area (Å²) in [6.45, 7) is 4.22. The van der Waals surface area contributed by atoms with Crippen molar-refractivity contribution in [1.82, 2.24) is 9.21 Å². The number of sulfonamides is 1. The predicted molar refractivity (Wildman–Crippen MR) is 123 cm³/mol. The smallest absolute Gasteiger partial charge is 0.256 e. The second kappa shape index (κ2) is 8.56. The minimum Gasteiger partial charge on any atom is -0.371 e. The van der Waals surface area contributed by atoms with Crippen LogP contribution in [-0.4, -0.2) is 56.3 Å². The van der Waals surface area contributed by atoms with Crippen molar-refractivity contribution in [3.05, 3.63) is 45.6 Å². The van der Waals surface area contributed by atoms with Crippen LogP contribution in [0.3, 0.4) is 0 Å². The van der Waals surface area contributed by atoms with Gasteiger partial charge in [-0.3, -0.25) is 4.79 Å². The summed E-state index contributed by atoms with van der Waals surface area (Å²) >= 11 is 1.75. The molecule has 31 heavy (non-hydrogen) atoms. The van der Waals surface area contributed by atoms with Gasteiger partial charge in [-0.05, 0) is 67.3 Å². The summed E-state index contributed by atoms with van der Waals surface area (Å²) in [4.78, 5) is 19.4. The lowest BCUT2D eigenvalue weighted by molar-refractivity contribution is 0.0736. The summed E-state index contributed by atoms with van der Waals surface area (Å²) in [5.41, 5.74) is 2.61. The monoisotopic (exact) mass is 459 g/mol. The van der Waals surface area contributed by atoms with E-state index in [4.69, 9.17) is 0 Å². The van der Waals surface area contributed by atoms with E-state index < -0.39 is 10.0 Å². The molecule has 0 unspecified atom stereocenters. The fourth-order valence-corrected chi connectivity index (χ4v) is 7.36. The molecule has 3 aliphatic rings. The Labute approximate surface area is 188 Å².